The highest BCUT2D eigenvalue weighted by molar-refractivity contribution is 5.83. The van der Waals surface area contributed by atoms with Gasteiger partial charge in [0.2, 0.25) is 5.91 Å². The summed E-state index contributed by atoms with van der Waals surface area (Å²) in [7, 11) is 1.71. The number of carbonyl (C=O) groups is 1. The minimum Gasteiger partial charge on any atom is -0.384 e. The molecule has 6 nitrogen and oxygen atoms in total. The van der Waals surface area contributed by atoms with Crippen molar-refractivity contribution < 1.29 is 14.3 Å². The normalized spacial score (nSPS) is 32.7. The van der Waals surface area contributed by atoms with E-state index < -0.39 is 0 Å². The average molecular weight is 305 g/mol. The van der Waals surface area contributed by atoms with E-state index in [1.54, 1.807) is 7.11 Å². The molecular formula is C16H23N3O3. The van der Waals surface area contributed by atoms with Crippen LogP contribution in [0.2, 0.25) is 0 Å². The lowest BCUT2D eigenvalue weighted by Crippen LogP contribution is -2.41. The summed E-state index contributed by atoms with van der Waals surface area (Å²) in [5.74, 6) is 1.61. The number of amides is 1. The van der Waals surface area contributed by atoms with Crippen molar-refractivity contribution in [3.63, 3.8) is 0 Å². The molecule has 2 fully saturated rings. The first-order valence-electron chi connectivity index (χ1n) is 8.14. The van der Waals surface area contributed by atoms with Crippen LogP contribution in [0.3, 0.4) is 0 Å². The zero-order chi connectivity index (χ0) is 15.3. The van der Waals surface area contributed by atoms with Crippen molar-refractivity contribution in [2.45, 2.75) is 25.9 Å². The molecule has 1 aromatic heterocycles. The Hall–Kier alpha value is -1.40. The summed E-state index contributed by atoms with van der Waals surface area (Å²) in [5.41, 5.74) is 2.28. The first kappa shape index (κ1) is 14.2. The molecule has 1 amide bonds. The van der Waals surface area contributed by atoms with Crippen LogP contribution in [0, 0.1) is 17.8 Å². The molecule has 1 saturated heterocycles. The first-order chi connectivity index (χ1) is 10.7. The van der Waals surface area contributed by atoms with Crippen LogP contribution < -0.4 is 0 Å². The zero-order valence-corrected chi connectivity index (χ0v) is 13.2. The molecule has 3 heterocycles. The van der Waals surface area contributed by atoms with Crippen LogP contribution in [0.1, 0.15) is 24.1 Å². The number of ether oxygens (including phenoxy) is 2. The average Bonchev–Trinajstić information content (AvgIpc) is 2.91. The Labute approximate surface area is 130 Å². The van der Waals surface area contributed by atoms with Gasteiger partial charge in [-0.05, 0) is 18.8 Å². The Kier molecular flexibility index (Phi) is 3.46. The van der Waals surface area contributed by atoms with Crippen molar-refractivity contribution >= 4 is 5.91 Å². The van der Waals surface area contributed by atoms with E-state index in [1.807, 2.05) is 9.58 Å². The lowest BCUT2D eigenvalue weighted by atomic mass is 9.96. The number of methoxy groups -OCH3 is 1. The Bertz CT molecular complexity index is 575. The number of nitrogens with zero attached hydrogens (tertiary/aromatic N) is 3. The summed E-state index contributed by atoms with van der Waals surface area (Å²) in [5, 5.41) is 4.66. The molecule has 1 aliphatic carbocycles. The van der Waals surface area contributed by atoms with Crippen LogP contribution in [0.25, 0.3) is 0 Å². The third-order valence-corrected chi connectivity index (χ3v) is 5.30. The van der Waals surface area contributed by atoms with E-state index in [0.717, 1.165) is 32.0 Å². The lowest BCUT2D eigenvalue weighted by molar-refractivity contribution is -0.135. The van der Waals surface area contributed by atoms with Gasteiger partial charge in [0.25, 0.3) is 0 Å². The third kappa shape index (κ3) is 2.16. The molecule has 0 N–H and O–H groups in total. The maximum absolute atomic E-state index is 12.8. The summed E-state index contributed by atoms with van der Waals surface area (Å²) in [4.78, 5) is 14.8. The van der Waals surface area contributed by atoms with Gasteiger partial charge in [0.05, 0.1) is 25.5 Å². The number of aryl methyl sites for hydroxylation is 1. The number of aromatic nitrogens is 2. The number of fused-ring (bicyclic) bond motifs is 2. The standard InChI is InChI=1S/C16H23N3O3/c1-3-19-6-10-4-18(5-11(7-21-2)15(10)17-19)16(20)14-12-8-22-9-13(12)14/h6,11-14H,3-5,7-9H2,1-2H3/t11-,12-,13+,14?/m1/s1. The molecule has 4 rings (SSSR count). The summed E-state index contributed by atoms with van der Waals surface area (Å²) in [6, 6.07) is 0. The fourth-order valence-electron chi connectivity index (χ4n) is 4.05. The monoisotopic (exact) mass is 305 g/mol. The zero-order valence-electron chi connectivity index (χ0n) is 13.2. The largest absolute Gasteiger partial charge is 0.384 e. The number of hydrogen-bond acceptors (Lipinski definition) is 4. The van der Waals surface area contributed by atoms with Gasteiger partial charge in [-0.2, -0.15) is 5.10 Å². The lowest BCUT2D eigenvalue weighted by Gasteiger charge is -2.32. The van der Waals surface area contributed by atoms with E-state index in [9.17, 15) is 4.79 Å². The predicted molar refractivity (Wildman–Crippen MR) is 79.2 cm³/mol. The van der Waals surface area contributed by atoms with Crippen molar-refractivity contribution in [2.24, 2.45) is 17.8 Å². The second kappa shape index (κ2) is 5.35. The highest BCUT2D eigenvalue weighted by Crippen LogP contribution is 2.52. The van der Waals surface area contributed by atoms with E-state index in [4.69, 9.17) is 9.47 Å². The molecule has 3 aliphatic rings. The van der Waals surface area contributed by atoms with E-state index in [1.165, 1.54) is 5.56 Å². The molecule has 0 spiro atoms. The fourth-order valence-corrected chi connectivity index (χ4v) is 4.05. The van der Waals surface area contributed by atoms with Gasteiger partial charge < -0.3 is 14.4 Å². The van der Waals surface area contributed by atoms with Crippen molar-refractivity contribution in [2.75, 3.05) is 33.5 Å². The molecule has 22 heavy (non-hydrogen) atoms. The van der Waals surface area contributed by atoms with Gasteiger partial charge in [-0.25, -0.2) is 0 Å². The molecule has 4 atom stereocenters. The third-order valence-electron chi connectivity index (χ3n) is 5.30. The maximum atomic E-state index is 12.8. The van der Waals surface area contributed by atoms with E-state index in [-0.39, 0.29) is 11.8 Å². The van der Waals surface area contributed by atoms with Gasteiger partial charge in [-0.15, -0.1) is 0 Å². The molecule has 120 valence electrons. The number of hydrogen-bond donors (Lipinski definition) is 0. The van der Waals surface area contributed by atoms with Crippen LogP contribution >= 0.6 is 0 Å². The fraction of sp³-hybridized carbons (Fsp3) is 0.750. The van der Waals surface area contributed by atoms with Gasteiger partial charge in [0, 0.05) is 50.3 Å². The minimum atomic E-state index is 0.181. The van der Waals surface area contributed by atoms with Crippen LogP contribution in [-0.2, 0) is 27.4 Å². The molecule has 0 aromatic carbocycles. The molecule has 1 unspecified atom stereocenters. The van der Waals surface area contributed by atoms with Gasteiger partial charge in [-0.1, -0.05) is 0 Å². The quantitative estimate of drug-likeness (QED) is 0.828. The summed E-state index contributed by atoms with van der Waals surface area (Å²) in [6.45, 7) is 6.47. The van der Waals surface area contributed by atoms with E-state index >= 15 is 0 Å². The smallest absolute Gasteiger partial charge is 0.226 e. The molecule has 6 heteroatoms. The van der Waals surface area contributed by atoms with Crippen LogP contribution in [-0.4, -0.2) is 54.1 Å². The van der Waals surface area contributed by atoms with Gasteiger partial charge in [0.1, 0.15) is 0 Å². The molecule has 1 saturated carbocycles. The van der Waals surface area contributed by atoms with E-state index in [0.29, 0.717) is 30.9 Å². The number of rotatable bonds is 4. The van der Waals surface area contributed by atoms with Gasteiger partial charge >= 0.3 is 0 Å². The van der Waals surface area contributed by atoms with Crippen LogP contribution in [0.5, 0.6) is 0 Å². The molecule has 0 bridgehead atoms. The Balaban J connectivity index is 1.54. The highest BCUT2D eigenvalue weighted by atomic mass is 16.5. The second-order valence-electron chi connectivity index (χ2n) is 6.66. The van der Waals surface area contributed by atoms with Crippen molar-refractivity contribution in [3.8, 4) is 0 Å². The summed E-state index contributed by atoms with van der Waals surface area (Å²) in [6.07, 6.45) is 2.08. The Morgan fingerprint density at radius 2 is 2.23 bits per heavy atom. The number of carbonyl (C=O) groups excluding carboxylic acids is 1. The molecular weight excluding hydrogens is 282 g/mol. The molecule has 0 radical (unpaired) electrons. The van der Waals surface area contributed by atoms with Crippen molar-refractivity contribution in [3.05, 3.63) is 17.5 Å². The van der Waals surface area contributed by atoms with Gasteiger partial charge in [-0.3, -0.25) is 9.48 Å². The molecule has 1 aromatic rings. The maximum Gasteiger partial charge on any atom is 0.226 e. The first-order valence-corrected chi connectivity index (χ1v) is 8.14. The Morgan fingerprint density at radius 3 is 2.91 bits per heavy atom. The van der Waals surface area contributed by atoms with E-state index in [2.05, 4.69) is 18.2 Å². The Morgan fingerprint density at radius 1 is 1.45 bits per heavy atom. The highest BCUT2D eigenvalue weighted by Gasteiger charge is 2.59. The minimum absolute atomic E-state index is 0.181. The summed E-state index contributed by atoms with van der Waals surface area (Å²) < 4.78 is 12.7. The topological polar surface area (TPSA) is 56.6 Å². The second-order valence-corrected chi connectivity index (χ2v) is 6.66. The van der Waals surface area contributed by atoms with Crippen molar-refractivity contribution in [1.29, 1.82) is 0 Å². The van der Waals surface area contributed by atoms with Crippen LogP contribution in [0.15, 0.2) is 6.20 Å². The van der Waals surface area contributed by atoms with Crippen molar-refractivity contribution in [1.82, 2.24) is 14.7 Å². The SMILES string of the molecule is CCn1cc2c(n1)[C@@H](COC)CN(C(=O)C1[C@H]3COC[C@@H]13)C2. The van der Waals surface area contributed by atoms with Gasteiger partial charge in [0.15, 0.2) is 0 Å². The summed E-state index contributed by atoms with van der Waals surface area (Å²) >= 11 is 0. The molecule has 2 aliphatic heterocycles. The van der Waals surface area contributed by atoms with Crippen LogP contribution in [0.4, 0.5) is 0 Å². The predicted octanol–water partition coefficient (Wildman–Crippen LogP) is 0.868.